The van der Waals surface area contributed by atoms with Gasteiger partial charge in [-0.25, -0.2) is 4.98 Å². The van der Waals surface area contributed by atoms with Crippen molar-refractivity contribution in [2.45, 2.75) is 13.5 Å². The predicted octanol–water partition coefficient (Wildman–Crippen LogP) is 3.49. The molecule has 0 aliphatic carbocycles. The maximum absolute atomic E-state index is 5.87. The third-order valence-corrected chi connectivity index (χ3v) is 3.73. The second-order valence-corrected chi connectivity index (χ2v) is 5.08. The summed E-state index contributed by atoms with van der Waals surface area (Å²) in [4.78, 5) is 5.75. The van der Waals surface area contributed by atoms with Crippen LogP contribution in [0.15, 0.2) is 24.3 Å². The van der Waals surface area contributed by atoms with Crippen molar-refractivity contribution in [3.05, 3.63) is 40.0 Å². The molecule has 0 atom stereocenters. The van der Waals surface area contributed by atoms with Crippen LogP contribution in [0.3, 0.4) is 0 Å². The molecule has 0 aliphatic heterocycles. The largest absolute Gasteiger partial charge is 0.314 e. The molecular weight excluding hydrogens is 240 g/mol. The van der Waals surface area contributed by atoms with Gasteiger partial charge in [-0.05, 0) is 31.7 Å². The first-order valence-electron chi connectivity index (χ1n) is 5.07. The van der Waals surface area contributed by atoms with E-state index >= 15 is 0 Å². The minimum atomic E-state index is 0.765. The zero-order chi connectivity index (χ0) is 11.5. The smallest absolute Gasteiger partial charge is 0.107 e. The van der Waals surface area contributed by atoms with Crippen molar-refractivity contribution in [2.75, 3.05) is 7.05 Å². The summed E-state index contributed by atoms with van der Waals surface area (Å²) in [5, 5.41) is 4.99. The van der Waals surface area contributed by atoms with E-state index in [2.05, 4.69) is 10.3 Å². The molecule has 0 spiro atoms. The van der Waals surface area contributed by atoms with Crippen molar-refractivity contribution >= 4 is 22.9 Å². The second kappa shape index (κ2) is 4.95. The highest BCUT2D eigenvalue weighted by atomic mass is 35.5. The van der Waals surface area contributed by atoms with Crippen molar-refractivity contribution in [3.63, 3.8) is 0 Å². The Morgan fingerprint density at radius 1 is 1.31 bits per heavy atom. The third-order valence-electron chi connectivity index (χ3n) is 2.28. The number of benzene rings is 1. The molecule has 1 aromatic heterocycles. The fourth-order valence-electron chi connectivity index (χ4n) is 1.55. The lowest BCUT2D eigenvalue weighted by Crippen LogP contribution is -2.04. The van der Waals surface area contributed by atoms with E-state index in [1.54, 1.807) is 11.3 Å². The number of nitrogens with one attached hydrogen (secondary N) is 1. The van der Waals surface area contributed by atoms with E-state index in [0.29, 0.717) is 0 Å². The lowest BCUT2D eigenvalue weighted by Gasteiger charge is -1.98. The highest BCUT2D eigenvalue weighted by Gasteiger charge is 2.08. The Kier molecular flexibility index (Phi) is 3.59. The normalized spacial score (nSPS) is 10.7. The monoisotopic (exact) mass is 252 g/mol. The first-order valence-corrected chi connectivity index (χ1v) is 6.27. The van der Waals surface area contributed by atoms with Gasteiger partial charge < -0.3 is 5.32 Å². The zero-order valence-corrected chi connectivity index (χ0v) is 10.8. The van der Waals surface area contributed by atoms with Gasteiger partial charge in [0.2, 0.25) is 0 Å². The minimum Gasteiger partial charge on any atom is -0.314 e. The number of nitrogens with zero attached hydrogens (tertiary/aromatic N) is 1. The SMILES string of the molecule is CNCc1nc(C)c(-c2ccc(Cl)cc2)s1. The van der Waals surface area contributed by atoms with Crippen molar-refractivity contribution in [1.82, 2.24) is 10.3 Å². The summed E-state index contributed by atoms with van der Waals surface area (Å²) >= 11 is 7.60. The molecule has 1 N–H and O–H groups in total. The average molecular weight is 253 g/mol. The van der Waals surface area contributed by atoms with Crippen LogP contribution in [0.5, 0.6) is 0 Å². The van der Waals surface area contributed by atoms with Crippen LogP contribution in [-0.4, -0.2) is 12.0 Å². The summed E-state index contributed by atoms with van der Waals surface area (Å²) in [7, 11) is 1.93. The molecule has 0 saturated carbocycles. The third kappa shape index (κ3) is 2.43. The molecule has 84 valence electrons. The molecule has 4 heteroatoms. The van der Waals surface area contributed by atoms with Gasteiger partial charge in [-0.1, -0.05) is 23.7 Å². The van der Waals surface area contributed by atoms with Gasteiger partial charge in [0.25, 0.3) is 0 Å². The van der Waals surface area contributed by atoms with Crippen LogP contribution >= 0.6 is 22.9 Å². The lowest BCUT2D eigenvalue weighted by molar-refractivity contribution is 0.807. The van der Waals surface area contributed by atoms with Gasteiger partial charge in [0.15, 0.2) is 0 Å². The van der Waals surface area contributed by atoms with Crippen LogP contribution in [0, 0.1) is 6.92 Å². The van der Waals surface area contributed by atoms with Gasteiger partial charge in [0.1, 0.15) is 5.01 Å². The number of rotatable bonds is 3. The van der Waals surface area contributed by atoms with Crippen LogP contribution in [0.25, 0.3) is 10.4 Å². The van der Waals surface area contributed by atoms with Crippen molar-refractivity contribution in [2.24, 2.45) is 0 Å². The fraction of sp³-hybridized carbons (Fsp3) is 0.250. The van der Waals surface area contributed by atoms with Gasteiger partial charge in [-0.3, -0.25) is 0 Å². The van der Waals surface area contributed by atoms with Crippen molar-refractivity contribution in [3.8, 4) is 10.4 Å². The van der Waals surface area contributed by atoms with Gasteiger partial charge in [0.05, 0.1) is 10.6 Å². The van der Waals surface area contributed by atoms with Crippen LogP contribution < -0.4 is 5.32 Å². The molecule has 2 aromatic rings. The summed E-state index contributed by atoms with van der Waals surface area (Å²) in [5.74, 6) is 0. The summed E-state index contributed by atoms with van der Waals surface area (Å²) in [6.45, 7) is 2.86. The van der Waals surface area contributed by atoms with E-state index in [1.807, 2.05) is 38.2 Å². The summed E-state index contributed by atoms with van der Waals surface area (Å²) in [5.41, 5.74) is 2.26. The van der Waals surface area contributed by atoms with E-state index in [-0.39, 0.29) is 0 Å². The molecule has 0 saturated heterocycles. The quantitative estimate of drug-likeness (QED) is 0.905. The van der Waals surface area contributed by atoms with Crippen LogP contribution in [0.4, 0.5) is 0 Å². The molecule has 0 amide bonds. The van der Waals surface area contributed by atoms with E-state index in [1.165, 1.54) is 10.4 Å². The molecule has 0 fully saturated rings. The molecule has 0 bridgehead atoms. The summed E-state index contributed by atoms with van der Waals surface area (Å²) in [6, 6.07) is 7.89. The first-order chi connectivity index (χ1) is 7.70. The number of halogens is 1. The Labute approximate surface area is 104 Å². The Morgan fingerprint density at radius 2 is 2.00 bits per heavy atom. The average Bonchev–Trinajstić information content (AvgIpc) is 2.61. The van der Waals surface area contributed by atoms with Crippen molar-refractivity contribution < 1.29 is 0 Å². The minimum absolute atomic E-state index is 0.765. The summed E-state index contributed by atoms with van der Waals surface area (Å²) in [6.07, 6.45) is 0. The highest BCUT2D eigenvalue weighted by molar-refractivity contribution is 7.15. The molecule has 1 heterocycles. The topological polar surface area (TPSA) is 24.9 Å². The maximum Gasteiger partial charge on any atom is 0.107 e. The van der Waals surface area contributed by atoms with Gasteiger partial charge >= 0.3 is 0 Å². The van der Waals surface area contributed by atoms with E-state index in [9.17, 15) is 0 Å². The predicted molar refractivity (Wildman–Crippen MR) is 70.1 cm³/mol. The van der Waals surface area contributed by atoms with Gasteiger partial charge in [0, 0.05) is 11.6 Å². The molecular formula is C12H13ClN2S. The molecule has 0 unspecified atom stereocenters. The van der Waals surface area contributed by atoms with E-state index < -0.39 is 0 Å². The van der Waals surface area contributed by atoms with Crippen LogP contribution in [0.1, 0.15) is 10.7 Å². The van der Waals surface area contributed by atoms with E-state index in [4.69, 9.17) is 11.6 Å². The Balaban J connectivity index is 2.36. The number of hydrogen-bond acceptors (Lipinski definition) is 3. The molecule has 16 heavy (non-hydrogen) atoms. The molecule has 0 radical (unpaired) electrons. The van der Waals surface area contributed by atoms with E-state index in [0.717, 1.165) is 22.3 Å². The number of aryl methyl sites for hydroxylation is 1. The molecule has 2 nitrogen and oxygen atoms in total. The Hall–Kier alpha value is -0.900. The van der Waals surface area contributed by atoms with Gasteiger partial charge in [-0.2, -0.15) is 0 Å². The molecule has 1 aromatic carbocycles. The molecule has 0 aliphatic rings. The first kappa shape index (κ1) is 11.6. The number of aromatic nitrogens is 1. The van der Waals surface area contributed by atoms with Crippen LogP contribution in [-0.2, 0) is 6.54 Å². The Bertz CT molecular complexity index is 476. The summed E-state index contributed by atoms with van der Waals surface area (Å²) < 4.78 is 0. The standard InChI is InChI=1S/C12H13ClN2S/c1-8-12(16-11(15-8)7-14-2)9-3-5-10(13)6-4-9/h3-6,14H,7H2,1-2H3. The lowest BCUT2D eigenvalue weighted by atomic mass is 10.2. The van der Waals surface area contributed by atoms with Gasteiger partial charge in [-0.15, -0.1) is 11.3 Å². The number of hydrogen-bond donors (Lipinski definition) is 1. The van der Waals surface area contributed by atoms with Crippen molar-refractivity contribution in [1.29, 1.82) is 0 Å². The second-order valence-electron chi connectivity index (χ2n) is 3.56. The highest BCUT2D eigenvalue weighted by Crippen LogP contribution is 2.30. The van der Waals surface area contributed by atoms with Crippen LogP contribution in [0.2, 0.25) is 5.02 Å². The molecule has 2 rings (SSSR count). The zero-order valence-electron chi connectivity index (χ0n) is 9.25. The fourth-order valence-corrected chi connectivity index (χ4v) is 2.76. The maximum atomic E-state index is 5.87. The number of thiazole rings is 1. The Morgan fingerprint density at radius 3 is 2.62 bits per heavy atom.